The van der Waals surface area contributed by atoms with Gasteiger partial charge in [0.2, 0.25) is 5.91 Å². The van der Waals surface area contributed by atoms with Gasteiger partial charge in [0.25, 0.3) is 0 Å². The highest BCUT2D eigenvalue weighted by atomic mass is 35.5. The fraction of sp³-hybridized carbons (Fsp3) is 0.462. The highest BCUT2D eigenvalue weighted by molar-refractivity contribution is 5.85. The molecule has 1 aromatic rings. The summed E-state index contributed by atoms with van der Waals surface area (Å²) in [6, 6.07) is 2.41. The fourth-order valence-corrected chi connectivity index (χ4v) is 2.04. The van der Waals surface area contributed by atoms with E-state index < -0.39 is 23.7 Å². The van der Waals surface area contributed by atoms with Crippen molar-refractivity contribution in [2.75, 3.05) is 19.8 Å². The van der Waals surface area contributed by atoms with Gasteiger partial charge in [-0.3, -0.25) is 4.79 Å². The van der Waals surface area contributed by atoms with Gasteiger partial charge < -0.3 is 15.4 Å². The second-order valence-electron chi connectivity index (χ2n) is 4.45. The van der Waals surface area contributed by atoms with Crippen molar-refractivity contribution in [2.24, 2.45) is 0 Å². The third-order valence-electron chi connectivity index (χ3n) is 3.03. The van der Waals surface area contributed by atoms with Gasteiger partial charge in [-0.2, -0.15) is 0 Å². The Bertz CT molecular complexity index is 447. The third-order valence-corrected chi connectivity index (χ3v) is 3.03. The van der Waals surface area contributed by atoms with Crippen LogP contribution in [0.1, 0.15) is 18.5 Å². The number of ether oxygens (including phenoxy) is 1. The molecule has 2 N–H and O–H groups in total. The summed E-state index contributed by atoms with van der Waals surface area (Å²) in [5.41, 5.74) is -0.132. The highest BCUT2D eigenvalue weighted by Gasteiger charge is 2.24. The summed E-state index contributed by atoms with van der Waals surface area (Å²) in [4.78, 5) is 11.9. The largest absolute Gasteiger partial charge is 0.378 e. The predicted octanol–water partition coefficient (Wildman–Crippen LogP) is 1.55. The van der Waals surface area contributed by atoms with Crippen LogP contribution in [0, 0.1) is 11.6 Å². The lowest BCUT2D eigenvalue weighted by Crippen LogP contribution is -2.51. The first-order chi connectivity index (χ1) is 9.09. The van der Waals surface area contributed by atoms with E-state index in [9.17, 15) is 13.6 Å². The molecule has 112 valence electrons. The Morgan fingerprint density at radius 2 is 2.10 bits per heavy atom. The summed E-state index contributed by atoms with van der Waals surface area (Å²) in [6.45, 7) is 2.95. The molecule has 1 amide bonds. The molecular weight excluding hydrogens is 290 g/mol. The molecule has 20 heavy (non-hydrogen) atoms. The lowest BCUT2D eigenvalue weighted by molar-refractivity contribution is -0.126. The van der Waals surface area contributed by atoms with Crippen LogP contribution in [0.25, 0.3) is 0 Å². The van der Waals surface area contributed by atoms with E-state index in [0.29, 0.717) is 13.2 Å². The molecular formula is C13H17ClF2N2O2. The van der Waals surface area contributed by atoms with Gasteiger partial charge in [-0.15, -0.1) is 12.4 Å². The number of nitrogens with one attached hydrogen (secondary N) is 2. The van der Waals surface area contributed by atoms with E-state index in [1.54, 1.807) is 6.92 Å². The molecule has 1 saturated heterocycles. The number of halogens is 3. The van der Waals surface area contributed by atoms with E-state index in [4.69, 9.17) is 4.74 Å². The van der Waals surface area contributed by atoms with Crippen LogP contribution in [-0.2, 0) is 9.53 Å². The van der Waals surface area contributed by atoms with Crippen molar-refractivity contribution in [3.05, 3.63) is 35.4 Å². The molecule has 2 rings (SSSR count). The van der Waals surface area contributed by atoms with Crippen molar-refractivity contribution in [3.63, 3.8) is 0 Å². The number of hydrogen-bond acceptors (Lipinski definition) is 3. The van der Waals surface area contributed by atoms with E-state index in [2.05, 4.69) is 10.6 Å². The summed E-state index contributed by atoms with van der Waals surface area (Å²) < 4.78 is 32.3. The molecule has 1 aromatic carbocycles. The molecule has 1 aliphatic heterocycles. The molecule has 0 bridgehead atoms. The number of hydrogen-bond donors (Lipinski definition) is 2. The van der Waals surface area contributed by atoms with Crippen LogP contribution >= 0.6 is 12.4 Å². The van der Waals surface area contributed by atoms with Gasteiger partial charge in [0.1, 0.15) is 17.7 Å². The summed E-state index contributed by atoms with van der Waals surface area (Å²) >= 11 is 0. The first kappa shape index (κ1) is 16.8. The smallest absolute Gasteiger partial charge is 0.240 e. The Morgan fingerprint density at radius 3 is 2.65 bits per heavy atom. The maximum Gasteiger partial charge on any atom is 0.240 e. The van der Waals surface area contributed by atoms with Crippen molar-refractivity contribution < 1.29 is 18.3 Å². The van der Waals surface area contributed by atoms with Crippen molar-refractivity contribution >= 4 is 18.3 Å². The van der Waals surface area contributed by atoms with Crippen molar-refractivity contribution in [1.29, 1.82) is 0 Å². The number of benzene rings is 1. The van der Waals surface area contributed by atoms with Gasteiger partial charge in [0, 0.05) is 12.1 Å². The quantitative estimate of drug-likeness (QED) is 0.891. The van der Waals surface area contributed by atoms with Gasteiger partial charge in [-0.25, -0.2) is 8.78 Å². The number of carbonyl (C=O) groups is 1. The first-order valence-electron chi connectivity index (χ1n) is 6.15. The molecule has 2 unspecified atom stereocenters. The van der Waals surface area contributed by atoms with Gasteiger partial charge in [-0.1, -0.05) is 6.07 Å². The van der Waals surface area contributed by atoms with Gasteiger partial charge >= 0.3 is 0 Å². The Labute approximate surface area is 122 Å². The summed E-state index contributed by atoms with van der Waals surface area (Å²) in [5, 5.41) is 5.57. The van der Waals surface area contributed by atoms with E-state index in [1.165, 1.54) is 18.2 Å². The molecule has 0 spiro atoms. The molecule has 1 heterocycles. The fourth-order valence-electron chi connectivity index (χ4n) is 2.04. The number of amides is 1. The SMILES string of the molecule is CC(NC(=O)C1COCCN1)c1c(F)cccc1F.Cl. The van der Waals surface area contributed by atoms with Gasteiger partial charge in [0.15, 0.2) is 0 Å². The van der Waals surface area contributed by atoms with E-state index in [1.807, 2.05) is 0 Å². The molecule has 7 heteroatoms. The van der Waals surface area contributed by atoms with Crippen LogP contribution in [-0.4, -0.2) is 31.7 Å². The number of morpholine rings is 1. The highest BCUT2D eigenvalue weighted by Crippen LogP contribution is 2.20. The predicted molar refractivity (Wildman–Crippen MR) is 72.8 cm³/mol. The van der Waals surface area contributed by atoms with Crippen molar-refractivity contribution in [2.45, 2.75) is 19.0 Å². The van der Waals surface area contributed by atoms with Crippen LogP contribution in [0.3, 0.4) is 0 Å². The topological polar surface area (TPSA) is 50.4 Å². The molecule has 1 aliphatic rings. The Kier molecular flexibility index (Phi) is 6.32. The minimum absolute atomic E-state index is 0. The van der Waals surface area contributed by atoms with Gasteiger partial charge in [0.05, 0.1) is 19.3 Å². The number of rotatable bonds is 3. The molecule has 1 fully saturated rings. The average molecular weight is 307 g/mol. The lowest BCUT2D eigenvalue weighted by atomic mass is 10.1. The van der Waals surface area contributed by atoms with Crippen molar-refractivity contribution in [3.8, 4) is 0 Å². The zero-order valence-electron chi connectivity index (χ0n) is 11.0. The number of carbonyl (C=O) groups excluding carboxylic acids is 1. The summed E-state index contributed by atoms with van der Waals surface area (Å²) in [5.74, 6) is -1.66. The maximum atomic E-state index is 13.6. The van der Waals surface area contributed by atoms with Gasteiger partial charge in [-0.05, 0) is 19.1 Å². The Balaban J connectivity index is 0.00000200. The second kappa shape index (κ2) is 7.52. The molecule has 0 radical (unpaired) electrons. The van der Waals surface area contributed by atoms with Crippen LogP contribution in [0.5, 0.6) is 0 Å². The van der Waals surface area contributed by atoms with Crippen LogP contribution in [0.2, 0.25) is 0 Å². The first-order valence-corrected chi connectivity index (χ1v) is 6.15. The van der Waals surface area contributed by atoms with E-state index >= 15 is 0 Å². The van der Waals surface area contributed by atoms with Crippen LogP contribution in [0.4, 0.5) is 8.78 Å². The van der Waals surface area contributed by atoms with Crippen LogP contribution < -0.4 is 10.6 Å². The van der Waals surface area contributed by atoms with E-state index in [0.717, 1.165) is 0 Å². The lowest BCUT2D eigenvalue weighted by Gasteiger charge is -2.25. The van der Waals surface area contributed by atoms with E-state index in [-0.39, 0.29) is 30.5 Å². The zero-order valence-corrected chi connectivity index (χ0v) is 11.8. The zero-order chi connectivity index (χ0) is 13.8. The summed E-state index contributed by atoms with van der Waals surface area (Å²) in [6.07, 6.45) is 0. The standard InChI is InChI=1S/C13H16F2N2O2.ClH/c1-8(12-9(14)3-2-4-10(12)15)17-13(18)11-7-19-6-5-16-11;/h2-4,8,11,16H,5-7H2,1H3,(H,17,18);1H. The Hall–Kier alpha value is -1.24. The monoisotopic (exact) mass is 306 g/mol. The third kappa shape index (κ3) is 3.88. The average Bonchev–Trinajstić information content (AvgIpc) is 2.39. The molecule has 4 nitrogen and oxygen atoms in total. The minimum Gasteiger partial charge on any atom is -0.378 e. The summed E-state index contributed by atoms with van der Waals surface area (Å²) in [7, 11) is 0. The minimum atomic E-state index is -0.738. The molecule has 0 aliphatic carbocycles. The Morgan fingerprint density at radius 1 is 1.45 bits per heavy atom. The maximum absolute atomic E-state index is 13.6. The molecule has 2 atom stereocenters. The van der Waals surface area contributed by atoms with Crippen molar-refractivity contribution in [1.82, 2.24) is 10.6 Å². The molecule has 0 aromatic heterocycles. The normalized spacial score (nSPS) is 19.9. The second-order valence-corrected chi connectivity index (χ2v) is 4.45. The molecule has 0 saturated carbocycles. The van der Waals surface area contributed by atoms with Crippen LogP contribution in [0.15, 0.2) is 18.2 Å².